The van der Waals surface area contributed by atoms with Crippen LogP contribution in [0.5, 0.6) is 5.75 Å². The molecule has 0 saturated heterocycles. The molecule has 3 rings (SSSR count). The molecule has 136 valence electrons. The maximum Gasteiger partial charge on any atom is 0.327 e. The fourth-order valence-corrected chi connectivity index (χ4v) is 2.77. The second-order valence-electron chi connectivity index (χ2n) is 5.64. The molecule has 0 aliphatic carbocycles. The van der Waals surface area contributed by atoms with Crippen LogP contribution in [0.15, 0.2) is 30.3 Å². The molecule has 0 atom stereocenters. The third-order valence-electron chi connectivity index (χ3n) is 4.04. The number of hydrogen-bond donors (Lipinski definition) is 0. The van der Waals surface area contributed by atoms with Gasteiger partial charge in [-0.3, -0.25) is 4.79 Å². The van der Waals surface area contributed by atoms with Gasteiger partial charge in [0.05, 0.1) is 31.0 Å². The third kappa shape index (κ3) is 3.22. The molecule has 0 radical (unpaired) electrons. The zero-order valence-electron chi connectivity index (χ0n) is 14.5. The van der Waals surface area contributed by atoms with Gasteiger partial charge in [0.15, 0.2) is 5.65 Å². The number of benzene rings is 1. The molecule has 3 aromatic rings. The Morgan fingerprint density at radius 2 is 1.92 bits per heavy atom. The molecule has 1 aromatic carbocycles. The van der Waals surface area contributed by atoms with Gasteiger partial charge in [-0.2, -0.15) is 5.10 Å². The van der Waals surface area contributed by atoms with Crippen molar-refractivity contribution in [1.29, 1.82) is 0 Å². The molecule has 26 heavy (non-hydrogen) atoms. The van der Waals surface area contributed by atoms with Crippen molar-refractivity contribution in [2.75, 3.05) is 14.2 Å². The smallest absolute Gasteiger partial charge is 0.327 e. The Morgan fingerprint density at radius 1 is 1.23 bits per heavy atom. The van der Waals surface area contributed by atoms with Crippen LogP contribution in [-0.2, 0) is 16.1 Å². The number of carbonyl (C=O) groups is 1. The summed E-state index contributed by atoms with van der Waals surface area (Å²) in [5.41, 5.74) is 1.44. The van der Waals surface area contributed by atoms with Gasteiger partial charge < -0.3 is 9.47 Å². The van der Waals surface area contributed by atoms with Crippen LogP contribution < -0.4 is 4.74 Å². The number of alkyl halides is 2. The first-order valence-electron chi connectivity index (χ1n) is 7.82. The number of nitrogens with zero attached hydrogens (tertiary/aromatic N) is 3. The Balaban J connectivity index is 2.21. The molecular weight excluding hydrogens is 344 g/mol. The van der Waals surface area contributed by atoms with Gasteiger partial charge in [0.2, 0.25) is 0 Å². The lowest BCUT2D eigenvalue weighted by Crippen LogP contribution is -2.13. The quantitative estimate of drug-likeness (QED) is 0.651. The van der Waals surface area contributed by atoms with Crippen molar-refractivity contribution in [3.05, 3.63) is 41.6 Å². The minimum absolute atomic E-state index is 0.172. The number of aryl methyl sites for hydroxylation is 1. The minimum atomic E-state index is -2.70. The number of ether oxygens (including phenoxy) is 2. The molecule has 0 spiro atoms. The van der Waals surface area contributed by atoms with Gasteiger partial charge in [-0.15, -0.1) is 0 Å². The molecule has 0 unspecified atom stereocenters. The average molecular weight is 361 g/mol. The number of halogens is 2. The van der Waals surface area contributed by atoms with E-state index in [1.807, 2.05) is 0 Å². The van der Waals surface area contributed by atoms with Gasteiger partial charge in [-0.1, -0.05) is 0 Å². The first-order valence-corrected chi connectivity index (χ1v) is 7.82. The van der Waals surface area contributed by atoms with Crippen molar-refractivity contribution in [3.63, 3.8) is 0 Å². The average Bonchev–Trinajstić information content (AvgIpc) is 2.96. The Hall–Kier alpha value is -3.03. The molecule has 6 nitrogen and oxygen atoms in total. The van der Waals surface area contributed by atoms with Gasteiger partial charge >= 0.3 is 5.97 Å². The van der Waals surface area contributed by atoms with E-state index in [-0.39, 0.29) is 23.1 Å². The lowest BCUT2D eigenvalue weighted by molar-refractivity contribution is -0.141. The Labute approximate surface area is 148 Å². The topological polar surface area (TPSA) is 66.2 Å². The lowest BCUT2D eigenvalue weighted by atomic mass is 10.1. The van der Waals surface area contributed by atoms with Crippen LogP contribution in [0.1, 0.15) is 17.7 Å². The zero-order valence-corrected chi connectivity index (χ0v) is 14.5. The second-order valence-corrected chi connectivity index (χ2v) is 5.64. The van der Waals surface area contributed by atoms with Crippen molar-refractivity contribution < 1.29 is 23.0 Å². The molecule has 0 bridgehead atoms. The molecule has 2 aromatic heterocycles. The Kier molecular flexibility index (Phi) is 4.83. The maximum atomic E-state index is 13.7. The highest BCUT2D eigenvalue weighted by Crippen LogP contribution is 2.33. The molecular formula is C18H17F2N3O3. The van der Waals surface area contributed by atoms with E-state index in [0.717, 1.165) is 0 Å². The van der Waals surface area contributed by atoms with Crippen LogP contribution in [-0.4, -0.2) is 35.0 Å². The van der Waals surface area contributed by atoms with Crippen LogP contribution in [0.4, 0.5) is 8.78 Å². The normalized spacial score (nSPS) is 11.2. The number of pyridine rings is 1. The van der Waals surface area contributed by atoms with Crippen LogP contribution in [0.2, 0.25) is 0 Å². The molecule has 8 heteroatoms. The first kappa shape index (κ1) is 17.8. The van der Waals surface area contributed by atoms with Crippen molar-refractivity contribution in [2.45, 2.75) is 19.9 Å². The number of fused-ring (bicyclic) bond motifs is 1. The SMILES string of the molecule is COC(=O)Cn1nc(C)c2c(C(F)F)cc(-c3ccc(OC)cc3)nc21. The van der Waals surface area contributed by atoms with E-state index in [9.17, 15) is 13.6 Å². The fraction of sp³-hybridized carbons (Fsp3) is 0.278. The number of aromatic nitrogens is 3. The highest BCUT2D eigenvalue weighted by Gasteiger charge is 2.22. The second kappa shape index (κ2) is 7.07. The minimum Gasteiger partial charge on any atom is -0.497 e. The van der Waals surface area contributed by atoms with Crippen molar-refractivity contribution in [2.24, 2.45) is 0 Å². The Bertz CT molecular complexity index is 952. The van der Waals surface area contributed by atoms with Gasteiger partial charge in [-0.05, 0) is 37.3 Å². The van der Waals surface area contributed by atoms with E-state index in [1.165, 1.54) is 17.9 Å². The third-order valence-corrected chi connectivity index (χ3v) is 4.04. The van der Waals surface area contributed by atoms with Crippen molar-refractivity contribution >= 4 is 17.0 Å². The summed E-state index contributed by atoms with van der Waals surface area (Å²) in [5.74, 6) is 0.111. The van der Waals surface area contributed by atoms with Crippen LogP contribution in [0, 0.1) is 6.92 Å². The summed E-state index contributed by atoms with van der Waals surface area (Å²) < 4.78 is 38.3. The molecule has 0 amide bonds. The summed E-state index contributed by atoms with van der Waals surface area (Å²) in [6, 6.07) is 8.26. The van der Waals surface area contributed by atoms with E-state index in [4.69, 9.17) is 4.74 Å². The molecule has 0 N–H and O–H groups in total. The number of hydrogen-bond acceptors (Lipinski definition) is 5. The van der Waals surface area contributed by atoms with Crippen molar-refractivity contribution in [3.8, 4) is 17.0 Å². The van der Waals surface area contributed by atoms with Crippen molar-refractivity contribution in [1.82, 2.24) is 14.8 Å². The standard InChI is InChI=1S/C18H17F2N3O3/c1-10-16-13(17(19)20)8-14(11-4-6-12(25-2)7-5-11)21-18(16)23(22-10)9-15(24)26-3/h4-8,17H,9H2,1-3H3. The van der Waals surface area contributed by atoms with Crippen LogP contribution in [0.25, 0.3) is 22.3 Å². The van der Waals surface area contributed by atoms with Crippen LogP contribution >= 0.6 is 0 Å². The van der Waals surface area contributed by atoms with Gasteiger partial charge in [0.25, 0.3) is 6.43 Å². The summed E-state index contributed by atoms with van der Waals surface area (Å²) in [7, 11) is 2.80. The van der Waals surface area contributed by atoms with E-state index in [1.54, 1.807) is 38.3 Å². The van der Waals surface area contributed by atoms with Gasteiger partial charge in [0.1, 0.15) is 12.3 Å². The fourth-order valence-electron chi connectivity index (χ4n) is 2.77. The Morgan fingerprint density at radius 3 is 2.50 bits per heavy atom. The predicted molar refractivity (Wildman–Crippen MR) is 91.2 cm³/mol. The number of carbonyl (C=O) groups excluding carboxylic acids is 1. The monoisotopic (exact) mass is 361 g/mol. The predicted octanol–water partition coefficient (Wildman–Crippen LogP) is 3.53. The van der Waals surface area contributed by atoms with Gasteiger partial charge in [-0.25, -0.2) is 18.4 Å². The highest BCUT2D eigenvalue weighted by molar-refractivity contribution is 5.86. The summed E-state index contributed by atoms with van der Waals surface area (Å²) in [5, 5.41) is 4.43. The van der Waals surface area contributed by atoms with Gasteiger partial charge in [0, 0.05) is 11.1 Å². The summed E-state index contributed by atoms with van der Waals surface area (Å²) >= 11 is 0. The molecule has 0 saturated carbocycles. The van der Waals surface area contributed by atoms with E-state index in [0.29, 0.717) is 22.7 Å². The summed E-state index contributed by atoms with van der Waals surface area (Å²) in [4.78, 5) is 16.1. The van der Waals surface area contributed by atoms with E-state index in [2.05, 4.69) is 14.8 Å². The lowest BCUT2D eigenvalue weighted by Gasteiger charge is -2.09. The van der Waals surface area contributed by atoms with Crippen LogP contribution in [0.3, 0.4) is 0 Å². The summed E-state index contributed by atoms with van der Waals surface area (Å²) in [6.45, 7) is 1.40. The summed E-state index contributed by atoms with van der Waals surface area (Å²) in [6.07, 6.45) is -2.70. The highest BCUT2D eigenvalue weighted by atomic mass is 19.3. The molecule has 2 heterocycles. The van der Waals surface area contributed by atoms with E-state index < -0.39 is 12.4 Å². The largest absolute Gasteiger partial charge is 0.497 e. The zero-order chi connectivity index (χ0) is 18.8. The molecule has 0 aliphatic heterocycles. The number of rotatable bonds is 5. The van der Waals surface area contributed by atoms with E-state index >= 15 is 0 Å². The molecule has 0 aliphatic rings. The number of esters is 1. The first-order chi connectivity index (χ1) is 12.4. The molecule has 0 fully saturated rings. The maximum absolute atomic E-state index is 13.7. The number of methoxy groups -OCH3 is 2.